The molecule has 1 N–H and O–H groups in total. The van der Waals surface area contributed by atoms with Gasteiger partial charge < -0.3 is 15.1 Å². The van der Waals surface area contributed by atoms with Crippen LogP contribution in [0.3, 0.4) is 0 Å². The van der Waals surface area contributed by atoms with Crippen LogP contribution < -0.4 is 5.32 Å². The number of pyridine rings is 1. The number of hydrogen-bond donors (Lipinski definition) is 1. The summed E-state index contributed by atoms with van der Waals surface area (Å²) >= 11 is 0. The molecule has 6 heteroatoms. The van der Waals surface area contributed by atoms with Crippen LogP contribution in [-0.4, -0.2) is 48.0 Å². The molecule has 0 fully saturated rings. The second-order valence-corrected chi connectivity index (χ2v) is 5.67. The van der Waals surface area contributed by atoms with E-state index in [0.717, 1.165) is 12.2 Å². The van der Waals surface area contributed by atoms with Gasteiger partial charge in [0.2, 0.25) is 0 Å². The minimum Gasteiger partial charge on any atom is -0.317 e. The molecule has 0 aliphatic rings. The lowest BCUT2D eigenvalue weighted by molar-refractivity contribution is 0.201. The lowest BCUT2D eigenvalue weighted by Crippen LogP contribution is -2.39. The summed E-state index contributed by atoms with van der Waals surface area (Å²) in [7, 11) is 3.93. The molecule has 124 valence electrons. The Hall–Kier alpha value is -2.91. The standard InChI is InChI=1S/C18H21N5O/c1-22(2)10-11-23(14-17-7-3-4-9-20-17)18(24)21-16-8-5-6-15(12-16)13-19/h3-9,12H,10-11,14H2,1-2H3,(H,21,24). The van der Waals surface area contributed by atoms with Crippen molar-refractivity contribution in [3.05, 3.63) is 59.9 Å². The first-order chi connectivity index (χ1) is 11.6. The van der Waals surface area contributed by atoms with E-state index in [-0.39, 0.29) is 6.03 Å². The highest BCUT2D eigenvalue weighted by molar-refractivity contribution is 5.89. The number of carbonyl (C=O) groups is 1. The van der Waals surface area contributed by atoms with Crippen LogP contribution in [0.4, 0.5) is 10.5 Å². The van der Waals surface area contributed by atoms with Crippen molar-refractivity contribution in [1.29, 1.82) is 5.26 Å². The number of amides is 2. The van der Waals surface area contributed by atoms with Crippen molar-refractivity contribution < 1.29 is 4.79 Å². The maximum Gasteiger partial charge on any atom is 0.322 e. The Balaban J connectivity index is 2.09. The molecule has 1 aromatic carbocycles. The van der Waals surface area contributed by atoms with E-state index >= 15 is 0 Å². The summed E-state index contributed by atoms with van der Waals surface area (Å²) in [6.07, 6.45) is 1.72. The number of urea groups is 1. The molecule has 0 unspecified atom stereocenters. The van der Waals surface area contributed by atoms with Gasteiger partial charge in [0.25, 0.3) is 0 Å². The molecule has 6 nitrogen and oxygen atoms in total. The molecule has 24 heavy (non-hydrogen) atoms. The van der Waals surface area contributed by atoms with Crippen LogP contribution in [0.1, 0.15) is 11.3 Å². The molecule has 0 bridgehead atoms. The Morgan fingerprint density at radius 1 is 1.21 bits per heavy atom. The van der Waals surface area contributed by atoms with Crippen molar-refractivity contribution in [2.45, 2.75) is 6.54 Å². The molecule has 2 aromatic rings. The van der Waals surface area contributed by atoms with E-state index in [9.17, 15) is 4.79 Å². The molecule has 2 amide bonds. The zero-order valence-electron chi connectivity index (χ0n) is 13.9. The quantitative estimate of drug-likeness (QED) is 0.887. The molecule has 1 aromatic heterocycles. The number of aromatic nitrogens is 1. The van der Waals surface area contributed by atoms with E-state index in [4.69, 9.17) is 5.26 Å². The van der Waals surface area contributed by atoms with Crippen molar-refractivity contribution in [3.8, 4) is 6.07 Å². The predicted octanol–water partition coefficient (Wildman–Crippen LogP) is 2.55. The number of carbonyl (C=O) groups excluding carboxylic acids is 1. The maximum absolute atomic E-state index is 12.6. The van der Waals surface area contributed by atoms with Gasteiger partial charge in [-0.25, -0.2) is 4.79 Å². The van der Waals surface area contributed by atoms with Gasteiger partial charge >= 0.3 is 6.03 Å². The molecular weight excluding hydrogens is 302 g/mol. The molecule has 0 aliphatic carbocycles. The van der Waals surface area contributed by atoms with Gasteiger partial charge in [-0.2, -0.15) is 5.26 Å². The minimum atomic E-state index is -0.211. The predicted molar refractivity (Wildman–Crippen MR) is 93.4 cm³/mol. The summed E-state index contributed by atoms with van der Waals surface area (Å²) in [6.45, 7) is 1.75. The van der Waals surface area contributed by atoms with Crippen molar-refractivity contribution in [2.24, 2.45) is 0 Å². The van der Waals surface area contributed by atoms with E-state index in [1.165, 1.54) is 0 Å². The third-order valence-corrected chi connectivity index (χ3v) is 3.43. The zero-order valence-corrected chi connectivity index (χ0v) is 13.9. The Labute approximate surface area is 142 Å². The van der Waals surface area contributed by atoms with Crippen LogP contribution in [0, 0.1) is 11.3 Å². The number of anilines is 1. The van der Waals surface area contributed by atoms with Gasteiger partial charge in [-0.1, -0.05) is 12.1 Å². The van der Waals surface area contributed by atoms with Gasteiger partial charge in [-0.05, 0) is 44.4 Å². The van der Waals surface area contributed by atoms with Crippen LogP contribution >= 0.6 is 0 Å². The molecule has 0 saturated heterocycles. The number of nitriles is 1. The highest BCUT2D eigenvalue weighted by Crippen LogP contribution is 2.12. The second-order valence-electron chi connectivity index (χ2n) is 5.67. The Morgan fingerprint density at radius 2 is 2.04 bits per heavy atom. The average molecular weight is 323 g/mol. The van der Waals surface area contributed by atoms with E-state index < -0.39 is 0 Å². The van der Waals surface area contributed by atoms with E-state index in [0.29, 0.717) is 24.3 Å². The highest BCUT2D eigenvalue weighted by Gasteiger charge is 2.15. The normalized spacial score (nSPS) is 10.2. The fraction of sp³-hybridized carbons (Fsp3) is 0.278. The molecule has 0 atom stereocenters. The highest BCUT2D eigenvalue weighted by atomic mass is 16.2. The van der Waals surface area contributed by atoms with E-state index in [1.807, 2.05) is 37.2 Å². The third-order valence-electron chi connectivity index (χ3n) is 3.43. The zero-order chi connectivity index (χ0) is 17.4. The Kier molecular flexibility index (Phi) is 6.29. The summed E-state index contributed by atoms with van der Waals surface area (Å²) in [6, 6.07) is 14.4. The number of nitrogens with one attached hydrogen (secondary N) is 1. The van der Waals surface area contributed by atoms with Crippen molar-refractivity contribution in [2.75, 3.05) is 32.5 Å². The SMILES string of the molecule is CN(C)CCN(Cc1ccccn1)C(=O)Nc1cccc(C#N)c1. The molecule has 2 rings (SSSR count). The number of hydrogen-bond acceptors (Lipinski definition) is 4. The lowest BCUT2D eigenvalue weighted by atomic mass is 10.2. The van der Waals surface area contributed by atoms with Crippen LogP contribution in [0.25, 0.3) is 0 Å². The first kappa shape index (κ1) is 17.4. The second kappa shape index (κ2) is 8.65. The van der Waals surface area contributed by atoms with E-state index in [1.54, 1.807) is 35.4 Å². The lowest BCUT2D eigenvalue weighted by Gasteiger charge is -2.24. The first-order valence-electron chi connectivity index (χ1n) is 7.69. The number of benzene rings is 1. The van der Waals surface area contributed by atoms with Crippen LogP contribution in [0.5, 0.6) is 0 Å². The topological polar surface area (TPSA) is 72.3 Å². The van der Waals surface area contributed by atoms with Crippen LogP contribution in [0.2, 0.25) is 0 Å². The number of nitrogens with zero attached hydrogens (tertiary/aromatic N) is 4. The summed E-state index contributed by atoms with van der Waals surface area (Å²) < 4.78 is 0. The van der Waals surface area contributed by atoms with E-state index in [2.05, 4.69) is 16.4 Å². The smallest absolute Gasteiger partial charge is 0.317 e. The fourth-order valence-corrected chi connectivity index (χ4v) is 2.13. The summed E-state index contributed by atoms with van der Waals surface area (Å²) in [5.41, 5.74) is 1.95. The van der Waals surface area contributed by atoms with Crippen LogP contribution in [0.15, 0.2) is 48.7 Å². The first-order valence-corrected chi connectivity index (χ1v) is 7.69. The minimum absolute atomic E-state index is 0.211. The number of rotatable bonds is 6. The summed E-state index contributed by atoms with van der Waals surface area (Å²) in [5, 5.41) is 11.8. The Morgan fingerprint density at radius 3 is 2.71 bits per heavy atom. The Bertz CT molecular complexity index is 709. The molecule has 1 heterocycles. The van der Waals surface area contributed by atoms with Crippen LogP contribution in [-0.2, 0) is 6.54 Å². The van der Waals surface area contributed by atoms with Crippen molar-refractivity contribution in [1.82, 2.24) is 14.8 Å². The average Bonchev–Trinajstić information content (AvgIpc) is 2.59. The monoisotopic (exact) mass is 323 g/mol. The summed E-state index contributed by atoms with van der Waals surface area (Å²) in [4.78, 5) is 20.6. The van der Waals surface area contributed by atoms with Gasteiger partial charge in [0.15, 0.2) is 0 Å². The molecule has 0 saturated carbocycles. The number of likely N-dealkylation sites (N-methyl/N-ethyl adjacent to an activating group) is 1. The maximum atomic E-state index is 12.6. The van der Waals surface area contributed by atoms with Gasteiger partial charge in [0.05, 0.1) is 23.9 Å². The van der Waals surface area contributed by atoms with Gasteiger partial charge in [0.1, 0.15) is 0 Å². The van der Waals surface area contributed by atoms with Gasteiger partial charge in [-0.15, -0.1) is 0 Å². The third kappa shape index (κ3) is 5.38. The van der Waals surface area contributed by atoms with Gasteiger partial charge in [0, 0.05) is 25.0 Å². The van der Waals surface area contributed by atoms with Crippen molar-refractivity contribution in [3.63, 3.8) is 0 Å². The molecule has 0 aliphatic heterocycles. The molecule has 0 spiro atoms. The van der Waals surface area contributed by atoms with Crippen molar-refractivity contribution >= 4 is 11.7 Å². The fourth-order valence-electron chi connectivity index (χ4n) is 2.13. The molecule has 0 radical (unpaired) electrons. The molecular formula is C18H21N5O. The van der Waals surface area contributed by atoms with Gasteiger partial charge in [-0.3, -0.25) is 4.98 Å². The largest absolute Gasteiger partial charge is 0.322 e. The summed E-state index contributed by atoms with van der Waals surface area (Å²) in [5.74, 6) is 0.